The number of halogens is 1. The number of benzene rings is 2. The van der Waals surface area contributed by atoms with Crippen molar-refractivity contribution in [3.8, 4) is 11.5 Å². The molecule has 0 heterocycles. The van der Waals surface area contributed by atoms with Gasteiger partial charge in [-0.1, -0.05) is 112 Å². The molecule has 2 aromatic rings. The summed E-state index contributed by atoms with van der Waals surface area (Å²) in [6, 6.07) is 14.0. The Morgan fingerprint density at radius 1 is 0.806 bits per heavy atom. The number of rotatable bonds is 19. The van der Waals surface area contributed by atoms with Gasteiger partial charge in [0.15, 0.2) is 11.5 Å². The number of carbonyl (C=O) groups excluding carboxylic acids is 1. The molecule has 0 aliphatic heterocycles. The first-order valence-corrected chi connectivity index (χ1v) is 14.9. The molecule has 1 amide bonds. The third kappa shape index (κ3) is 11.4. The van der Waals surface area contributed by atoms with Crippen molar-refractivity contribution in [2.45, 2.75) is 103 Å². The minimum absolute atomic E-state index is 0.0106. The molecule has 0 aliphatic rings. The molecule has 0 radical (unpaired) electrons. The molecule has 0 atom stereocenters. The van der Waals surface area contributed by atoms with E-state index >= 15 is 0 Å². The molecule has 0 saturated heterocycles. The fourth-order valence-electron chi connectivity index (χ4n) is 4.43. The fraction of sp³-hybridized carbons (Fsp3) is 0.581. The third-order valence-corrected chi connectivity index (χ3v) is 7.23. The molecule has 2 aromatic carbocycles. The zero-order chi connectivity index (χ0) is 26.0. The number of amides is 1. The maximum absolute atomic E-state index is 12.4. The van der Waals surface area contributed by atoms with Crippen LogP contribution in [0.1, 0.15) is 102 Å². The van der Waals surface area contributed by atoms with E-state index in [1.54, 1.807) is 18.9 Å². The Hall–Kier alpha value is -2.01. The minimum atomic E-state index is 0.0106. The number of alkyl halides is 1. The standard InChI is InChI=1S/C31H46BrNO3/c1-4-5-6-7-8-9-10-11-12-13-14-15-21-36-31-23-28(19-20-30(31)35-3)25-33(26(2)34)29-18-16-17-27(22-29)24-32/h16-20,22-23H,4-15,21,24-25H2,1-3H3. The van der Waals surface area contributed by atoms with E-state index in [0.29, 0.717) is 13.2 Å². The number of unbranched alkanes of at least 4 members (excludes halogenated alkanes) is 11. The van der Waals surface area contributed by atoms with Gasteiger partial charge in [0, 0.05) is 17.9 Å². The number of methoxy groups -OCH3 is 1. The van der Waals surface area contributed by atoms with E-state index in [1.165, 1.54) is 70.6 Å². The zero-order valence-electron chi connectivity index (χ0n) is 22.7. The summed E-state index contributed by atoms with van der Waals surface area (Å²) in [5.41, 5.74) is 3.05. The molecule has 2 rings (SSSR count). The van der Waals surface area contributed by atoms with Gasteiger partial charge in [0.05, 0.1) is 20.3 Å². The first kappa shape index (κ1) is 30.2. The van der Waals surface area contributed by atoms with Gasteiger partial charge in [-0.15, -0.1) is 0 Å². The predicted molar refractivity (Wildman–Crippen MR) is 156 cm³/mol. The van der Waals surface area contributed by atoms with Crippen molar-refractivity contribution in [3.05, 3.63) is 53.6 Å². The lowest BCUT2D eigenvalue weighted by Crippen LogP contribution is -2.27. The van der Waals surface area contributed by atoms with Crippen molar-refractivity contribution in [3.63, 3.8) is 0 Å². The van der Waals surface area contributed by atoms with Gasteiger partial charge in [0.25, 0.3) is 0 Å². The second-order valence-corrected chi connectivity index (χ2v) is 10.2. The highest BCUT2D eigenvalue weighted by Crippen LogP contribution is 2.30. The van der Waals surface area contributed by atoms with E-state index in [9.17, 15) is 4.79 Å². The Bertz CT molecular complexity index is 886. The lowest BCUT2D eigenvalue weighted by Gasteiger charge is -2.22. The molecule has 4 nitrogen and oxygen atoms in total. The highest BCUT2D eigenvalue weighted by atomic mass is 79.9. The van der Waals surface area contributed by atoms with Crippen LogP contribution in [-0.4, -0.2) is 19.6 Å². The highest BCUT2D eigenvalue weighted by Gasteiger charge is 2.14. The molecule has 0 N–H and O–H groups in total. The molecule has 0 bridgehead atoms. The van der Waals surface area contributed by atoms with Crippen LogP contribution in [-0.2, 0) is 16.7 Å². The van der Waals surface area contributed by atoms with Crippen LogP contribution in [0.2, 0.25) is 0 Å². The van der Waals surface area contributed by atoms with Gasteiger partial charge < -0.3 is 14.4 Å². The number of anilines is 1. The first-order chi connectivity index (χ1) is 17.6. The second kappa shape index (κ2) is 18.3. The van der Waals surface area contributed by atoms with Crippen LogP contribution < -0.4 is 14.4 Å². The van der Waals surface area contributed by atoms with Crippen molar-refractivity contribution in [2.24, 2.45) is 0 Å². The molecule has 0 spiro atoms. The Morgan fingerprint density at radius 2 is 1.44 bits per heavy atom. The summed E-state index contributed by atoms with van der Waals surface area (Å²) >= 11 is 3.50. The quantitative estimate of drug-likeness (QED) is 0.127. The van der Waals surface area contributed by atoms with Crippen LogP contribution in [0.3, 0.4) is 0 Å². The normalized spacial score (nSPS) is 10.9. The van der Waals surface area contributed by atoms with Gasteiger partial charge in [-0.05, 0) is 41.8 Å². The molecule has 36 heavy (non-hydrogen) atoms. The van der Waals surface area contributed by atoms with E-state index in [1.807, 2.05) is 42.5 Å². The minimum Gasteiger partial charge on any atom is -0.493 e. The van der Waals surface area contributed by atoms with Crippen LogP contribution >= 0.6 is 15.9 Å². The maximum atomic E-state index is 12.4. The summed E-state index contributed by atoms with van der Waals surface area (Å²) in [6.45, 7) is 5.05. The van der Waals surface area contributed by atoms with Crippen molar-refractivity contribution < 1.29 is 14.3 Å². The van der Waals surface area contributed by atoms with Gasteiger partial charge in [-0.25, -0.2) is 0 Å². The largest absolute Gasteiger partial charge is 0.493 e. The maximum Gasteiger partial charge on any atom is 0.224 e. The molecule has 0 fully saturated rings. The van der Waals surface area contributed by atoms with Gasteiger partial charge >= 0.3 is 0 Å². The van der Waals surface area contributed by atoms with Crippen LogP contribution in [0, 0.1) is 0 Å². The summed E-state index contributed by atoms with van der Waals surface area (Å²) < 4.78 is 11.6. The lowest BCUT2D eigenvalue weighted by atomic mass is 10.1. The third-order valence-electron chi connectivity index (χ3n) is 6.58. The zero-order valence-corrected chi connectivity index (χ0v) is 24.3. The summed E-state index contributed by atoms with van der Waals surface area (Å²) in [4.78, 5) is 14.2. The number of ether oxygens (including phenoxy) is 2. The molecule has 5 heteroatoms. The first-order valence-electron chi connectivity index (χ1n) is 13.8. The van der Waals surface area contributed by atoms with Crippen LogP contribution in [0.4, 0.5) is 5.69 Å². The Labute approximate surface area is 227 Å². The van der Waals surface area contributed by atoms with Crippen LogP contribution in [0.15, 0.2) is 42.5 Å². The summed E-state index contributed by atoms with van der Waals surface area (Å²) in [6.07, 6.45) is 15.9. The summed E-state index contributed by atoms with van der Waals surface area (Å²) in [7, 11) is 1.67. The van der Waals surface area contributed by atoms with E-state index in [4.69, 9.17) is 9.47 Å². The van der Waals surface area contributed by atoms with E-state index in [0.717, 1.165) is 40.1 Å². The van der Waals surface area contributed by atoms with Crippen LogP contribution in [0.25, 0.3) is 0 Å². The van der Waals surface area contributed by atoms with Gasteiger partial charge in [-0.2, -0.15) is 0 Å². The lowest BCUT2D eigenvalue weighted by molar-refractivity contribution is -0.116. The molecular weight excluding hydrogens is 514 g/mol. The summed E-state index contributed by atoms with van der Waals surface area (Å²) in [5.74, 6) is 1.49. The SMILES string of the molecule is CCCCCCCCCCCCCCOc1cc(CN(C(C)=O)c2cccc(CBr)c2)ccc1OC. The smallest absolute Gasteiger partial charge is 0.224 e. The Morgan fingerprint density at radius 3 is 2.03 bits per heavy atom. The van der Waals surface area contributed by atoms with Gasteiger partial charge in [0.2, 0.25) is 5.91 Å². The average Bonchev–Trinajstić information content (AvgIpc) is 2.89. The van der Waals surface area contributed by atoms with Gasteiger partial charge in [0.1, 0.15) is 0 Å². The number of hydrogen-bond acceptors (Lipinski definition) is 3. The molecule has 0 aliphatic carbocycles. The number of hydrogen-bond donors (Lipinski definition) is 0. The predicted octanol–water partition coefficient (Wildman–Crippen LogP) is 9.22. The van der Waals surface area contributed by atoms with E-state index in [-0.39, 0.29) is 5.91 Å². The number of nitrogens with zero attached hydrogens (tertiary/aromatic N) is 1. The Balaban J connectivity index is 1.77. The molecular formula is C31H46BrNO3. The Kier molecular flexibility index (Phi) is 15.3. The van der Waals surface area contributed by atoms with Crippen molar-refractivity contribution in [2.75, 3.05) is 18.6 Å². The van der Waals surface area contributed by atoms with E-state index in [2.05, 4.69) is 22.9 Å². The molecule has 0 saturated carbocycles. The summed E-state index contributed by atoms with van der Waals surface area (Å²) in [5, 5.41) is 0.756. The van der Waals surface area contributed by atoms with Crippen molar-refractivity contribution in [1.29, 1.82) is 0 Å². The monoisotopic (exact) mass is 559 g/mol. The highest BCUT2D eigenvalue weighted by molar-refractivity contribution is 9.08. The van der Waals surface area contributed by atoms with Gasteiger partial charge in [-0.3, -0.25) is 4.79 Å². The molecule has 0 unspecified atom stereocenters. The average molecular weight is 561 g/mol. The van der Waals surface area contributed by atoms with Crippen molar-refractivity contribution >= 4 is 27.5 Å². The second-order valence-electron chi connectivity index (χ2n) is 9.63. The van der Waals surface area contributed by atoms with E-state index < -0.39 is 0 Å². The topological polar surface area (TPSA) is 38.8 Å². The molecule has 200 valence electrons. The fourth-order valence-corrected chi connectivity index (χ4v) is 4.78. The number of carbonyl (C=O) groups is 1. The molecule has 0 aromatic heterocycles. The van der Waals surface area contributed by atoms with Crippen molar-refractivity contribution in [1.82, 2.24) is 0 Å². The van der Waals surface area contributed by atoms with Crippen LogP contribution in [0.5, 0.6) is 11.5 Å².